The van der Waals surface area contributed by atoms with Gasteiger partial charge in [0.15, 0.2) is 0 Å². The van der Waals surface area contributed by atoms with Gasteiger partial charge in [0.1, 0.15) is 0 Å². The van der Waals surface area contributed by atoms with Gasteiger partial charge in [-0.2, -0.15) is 0 Å². The van der Waals surface area contributed by atoms with E-state index in [2.05, 4.69) is 11.9 Å². The second kappa shape index (κ2) is 2.94. The van der Waals surface area contributed by atoms with Gasteiger partial charge in [0.2, 0.25) is 0 Å². The fourth-order valence-corrected chi connectivity index (χ4v) is 2.90. The molecule has 0 amide bonds. The van der Waals surface area contributed by atoms with Gasteiger partial charge < -0.3 is 0 Å². The second-order valence-corrected chi connectivity index (χ2v) is 4.05. The average molecular weight is 167 g/mol. The lowest BCUT2D eigenvalue weighted by Gasteiger charge is -2.19. The maximum absolute atomic E-state index is 4.37. The van der Waals surface area contributed by atoms with Crippen LogP contribution in [0.2, 0.25) is 0 Å². The molecule has 2 rings (SSSR count). The summed E-state index contributed by atoms with van der Waals surface area (Å²) in [4.78, 5) is 5.94. The lowest BCUT2D eigenvalue weighted by Crippen LogP contribution is -2.06. The van der Waals surface area contributed by atoms with E-state index in [1.165, 1.54) is 31.4 Å². The summed E-state index contributed by atoms with van der Waals surface area (Å²) in [6.45, 7) is 2.28. The minimum absolute atomic E-state index is 0.825. The molecule has 0 fully saturated rings. The summed E-state index contributed by atoms with van der Waals surface area (Å²) >= 11 is 1.85. The van der Waals surface area contributed by atoms with Crippen LogP contribution in [0.15, 0.2) is 5.51 Å². The van der Waals surface area contributed by atoms with E-state index in [9.17, 15) is 0 Å². The van der Waals surface area contributed by atoms with Crippen LogP contribution in [-0.4, -0.2) is 4.98 Å². The van der Waals surface area contributed by atoms with Gasteiger partial charge in [0.25, 0.3) is 0 Å². The van der Waals surface area contributed by atoms with E-state index in [-0.39, 0.29) is 0 Å². The van der Waals surface area contributed by atoms with Crippen molar-refractivity contribution in [2.75, 3.05) is 0 Å². The number of hydrogen-bond donors (Lipinski definition) is 0. The molecule has 0 aliphatic heterocycles. The lowest BCUT2D eigenvalue weighted by molar-refractivity contribution is 0.543. The molecule has 0 spiro atoms. The van der Waals surface area contributed by atoms with Crippen molar-refractivity contribution in [1.29, 1.82) is 0 Å². The summed E-state index contributed by atoms with van der Waals surface area (Å²) in [5.41, 5.74) is 3.38. The van der Waals surface area contributed by atoms with Gasteiger partial charge in [-0.1, -0.05) is 6.92 Å². The van der Waals surface area contributed by atoms with E-state index < -0.39 is 0 Å². The molecule has 11 heavy (non-hydrogen) atoms. The molecule has 1 nitrogen and oxygen atoms in total. The number of rotatable bonds is 1. The highest BCUT2D eigenvalue weighted by molar-refractivity contribution is 7.09. The van der Waals surface area contributed by atoms with Crippen LogP contribution in [0, 0.1) is 0 Å². The summed E-state index contributed by atoms with van der Waals surface area (Å²) in [5, 5.41) is 0. The average Bonchev–Trinajstić information content (AvgIpc) is 2.50. The molecular weight excluding hydrogens is 154 g/mol. The summed E-state index contributed by atoms with van der Waals surface area (Å²) in [5.74, 6) is 0.825. The Morgan fingerprint density at radius 1 is 1.73 bits per heavy atom. The van der Waals surface area contributed by atoms with Crippen LogP contribution in [0.25, 0.3) is 0 Å². The zero-order chi connectivity index (χ0) is 7.68. The largest absolute Gasteiger partial charge is 0.249 e. The second-order valence-electron chi connectivity index (χ2n) is 3.16. The highest BCUT2D eigenvalue weighted by Crippen LogP contribution is 2.35. The quantitative estimate of drug-likeness (QED) is 0.626. The Kier molecular flexibility index (Phi) is 1.95. The molecule has 0 aromatic carbocycles. The third-order valence-corrected chi connectivity index (χ3v) is 3.54. The maximum Gasteiger partial charge on any atom is 0.0797 e. The number of aromatic nitrogens is 1. The zero-order valence-corrected chi connectivity index (χ0v) is 7.66. The van der Waals surface area contributed by atoms with Crippen LogP contribution >= 0.6 is 11.3 Å². The normalized spacial score (nSPS) is 23.2. The van der Waals surface area contributed by atoms with Crippen LogP contribution < -0.4 is 0 Å². The molecule has 0 saturated heterocycles. The molecule has 60 valence electrons. The molecule has 1 atom stereocenters. The summed E-state index contributed by atoms with van der Waals surface area (Å²) in [6.07, 6.45) is 5.23. The number of thiazole rings is 1. The van der Waals surface area contributed by atoms with Crippen molar-refractivity contribution in [3.8, 4) is 0 Å². The van der Waals surface area contributed by atoms with Gasteiger partial charge in [-0.25, -0.2) is 4.98 Å². The van der Waals surface area contributed by atoms with Gasteiger partial charge in [-0.3, -0.25) is 0 Å². The molecule has 1 aliphatic rings. The number of hydrogen-bond acceptors (Lipinski definition) is 2. The molecule has 0 bridgehead atoms. The van der Waals surface area contributed by atoms with Crippen LogP contribution in [0.1, 0.15) is 42.7 Å². The van der Waals surface area contributed by atoms with Crippen LogP contribution in [0.5, 0.6) is 0 Å². The summed E-state index contributed by atoms with van der Waals surface area (Å²) in [7, 11) is 0. The summed E-state index contributed by atoms with van der Waals surface area (Å²) in [6, 6.07) is 0. The van der Waals surface area contributed by atoms with E-state index in [0.29, 0.717) is 0 Å². The van der Waals surface area contributed by atoms with Gasteiger partial charge in [-0.15, -0.1) is 11.3 Å². The lowest BCUT2D eigenvalue weighted by atomic mass is 9.90. The number of aryl methyl sites for hydroxylation is 1. The Balaban J connectivity index is 2.32. The summed E-state index contributed by atoms with van der Waals surface area (Å²) < 4.78 is 0. The molecular formula is C9H13NS. The Hall–Kier alpha value is -0.370. The third-order valence-electron chi connectivity index (χ3n) is 2.50. The van der Waals surface area contributed by atoms with Crippen molar-refractivity contribution in [2.24, 2.45) is 0 Å². The van der Waals surface area contributed by atoms with Crippen LogP contribution in [-0.2, 0) is 6.42 Å². The first kappa shape index (κ1) is 7.29. The molecule has 0 radical (unpaired) electrons. The van der Waals surface area contributed by atoms with Crippen molar-refractivity contribution in [1.82, 2.24) is 4.98 Å². The van der Waals surface area contributed by atoms with E-state index in [4.69, 9.17) is 0 Å². The third kappa shape index (κ3) is 1.20. The number of nitrogens with zero attached hydrogens (tertiary/aromatic N) is 1. The first-order chi connectivity index (χ1) is 5.42. The Morgan fingerprint density at radius 2 is 2.64 bits per heavy atom. The van der Waals surface area contributed by atoms with Gasteiger partial charge in [0.05, 0.1) is 11.2 Å². The molecule has 0 N–H and O–H groups in total. The fourth-order valence-electron chi connectivity index (χ4n) is 1.83. The van der Waals surface area contributed by atoms with E-state index in [1.807, 2.05) is 16.8 Å². The monoisotopic (exact) mass is 167 g/mol. The van der Waals surface area contributed by atoms with Crippen molar-refractivity contribution in [3.63, 3.8) is 0 Å². The van der Waals surface area contributed by atoms with Crippen molar-refractivity contribution >= 4 is 11.3 Å². The Labute approximate surface area is 71.5 Å². The van der Waals surface area contributed by atoms with Crippen LogP contribution in [0.4, 0.5) is 0 Å². The smallest absolute Gasteiger partial charge is 0.0797 e. The first-order valence-corrected chi connectivity index (χ1v) is 5.22. The minimum atomic E-state index is 0.825. The maximum atomic E-state index is 4.37. The van der Waals surface area contributed by atoms with Crippen molar-refractivity contribution < 1.29 is 0 Å². The van der Waals surface area contributed by atoms with E-state index in [1.54, 1.807) is 4.88 Å². The van der Waals surface area contributed by atoms with E-state index >= 15 is 0 Å². The van der Waals surface area contributed by atoms with Gasteiger partial charge >= 0.3 is 0 Å². The molecule has 1 heterocycles. The minimum Gasteiger partial charge on any atom is -0.249 e. The topological polar surface area (TPSA) is 12.9 Å². The number of fused-ring (bicyclic) bond motifs is 1. The zero-order valence-electron chi connectivity index (χ0n) is 6.84. The fraction of sp³-hybridized carbons (Fsp3) is 0.667. The first-order valence-electron chi connectivity index (χ1n) is 4.34. The SMILES string of the molecule is CCC1CCCc2ncsc21. The molecule has 1 unspecified atom stereocenters. The molecule has 1 aliphatic carbocycles. The predicted molar refractivity (Wildman–Crippen MR) is 48.1 cm³/mol. The Morgan fingerprint density at radius 3 is 3.45 bits per heavy atom. The standard InChI is InChI=1S/C9H13NS/c1-2-7-4-3-5-8-9(7)11-6-10-8/h6-7H,2-5H2,1H3. The Bertz CT molecular complexity index is 241. The van der Waals surface area contributed by atoms with Gasteiger partial charge in [-0.05, 0) is 31.6 Å². The highest BCUT2D eigenvalue weighted by atomic mass is 32.1. The molecule has 1 aromatic rings. The van der Waals surface area contributed by atoms with Crippen LogP contribution in [0.3, 0.4) is 0 Å². The van der Waals surface area contributed by atoms with Crippen molar-refractivity contribution in [3.05, 3.63) is 16.1 Å². The van der Waals surface area contributed by atoms with E-state index in [0.717, 1.165) is 5.92 Å². The van der Waals surface area contributed by atoms with Crippen molar-refractivity contribution in [2.45, 2.75) is 38.5 Å². The molecule has 0 saturated carbocycles. The predicted octanol–water partition coefficient (Wildman–Crippen LogP) is 2.97. The van der Waals surface area contributed by atoms with Gasteiger partial charge in [0, 0.05) is 4.88 Å². The highest BCUT2D eigenvalue weighted by Gasteiger charge is 2.20. The molecule has 2 heteroatoms. The molecule has 1 aromatic heterocycles.